The number of rotatable bonds is 2. The lowest BCUT2D eigenvalue weighted by molar-refractivity contribution is 0.158. The molecule has 0 aliphatic carbocycles. The molecule has 112 valence electrons. The predicted molar refractivity (Wildman–Crippen MR) is 81.4 cm³/mol. The van der Waals surface area contributed by atoms with Crippen LogP contribution >= 0.6 is 0 Å². The van der Waals surface area contributed by atoms with E-state index in [2.05, 4.69) is 5.32 Å². The number of aryl methyl sites for hydroxylation is 2. The Bertz CT molecular complexity index is 608. The molecule has 0 saturated carbocycles. The molecule has 1 saturated heterocycles. The third-order valence-corrected chi connectivity index (χ3v) is 6.14. The molecule has 1 aliphatic heterocycles. The maximum Gasteiger partial charge on any atom is 0.243 e. The monoisotopic (exact) mass is 296 g/mol. The van der Waals surface area contributed by atoms with Crippen LogP contribution in [0.5, 0.6) is 0 Å². The molecule has 1 heterocycles. The first-order chi connectivity index (χ1) is 9.14. The van der Waals surface area contributed by atoms with Crippen molar-refractivity contribution in [3.05, 3.63) is 29.3 Å². The van der Waals surface area contributed by atoms with Gasteiger partial charge in [0.15, 0.2) is 0 Å². The van der Waals surface area contributed by atoms with E-state index in [0.717, 1.165) is 11.1 Å². The second-order valence-corrected chi connectivity index (χ2v) is 8.24. The Labute approximate surface area is 122 Å². The average Bonchev–Trinajstić information content (AvgIpc) is 2.35. The Morgan fingerprint density at radius 1 is 1.25 bits per heavy atom. The van der Waals surface area contributed by atoms with Gasteiger partial charge in [0.25, 0.3) is 0 Å². The van der Waals surface area contributed by atoms with Crippen LogP contribution in [0, 0.1) is 13.8 Å². The highest BCUT2D eigenvalue weighted by atomic mass is 32.2. The van der Waals surface area contributed by atoms with Crippen LogP contribution in [0.25, 0.3) is 0 Å². The van der Waals surface area contributed by atoms with E-state index in [4.69, 9.17) is 0 Å². The number of nitrogens with zero attached hydrogens (tertiary/aromatic N) is 1. The van der Waals surface area contributed by atoms with E-state index in [0.29, 0.717) is 18.0 Å². The zero-order chi connectivity index (χ0) is 15.1. The Kier molecular flexibility index (Phi) is 3.97. The van der Waals surface area contributed by atoms with E-state index in [1.165, 1.54) is 0 Å². The summed E-state index contributed by atoms with van der Waals surface area (Å²) >= 11 is 0. The van der Waals surface area contributed by atoms with Gasteiger partial charge in [0.1, 0.15) is 0 Å². The molecule has 1 aromatic carbocycles. The highest BCUT2D eigenvalue weighted by Gasteiger charge is 2.40. The Hall–Kier alpha value is -0.910. The van der Waals surface area contributed by atoms with E-state index in [-0.39, 0.29) is 6.04 Å². The molecule has 0 bridgehead atoms. The Balaban J connectivity index is 2.45. The van der Waals surface area contributed by atoms with Crippen molar-refractivity contribution in [1.82, 2.24) is 9.62 Å². The molecule has 0 amide bonds. The van der Waals surface area contributed by atoms with Crippen molar-refractivity contribution in [1.29, 1.82) is 0 Å². The number of benzene rings is 1. The third-order valence-electron chi connectivity index (χ3n) is 4.06. The van der Waals surface area contributed by atoms with Gasteiger partial charge in [-0.25, -0.2) is 8.42 Å². The normalized spacial score (nSPS) is 23.8. The highest BCUT2D eigenvalue weighted by Crippen LogP contribution is 2.28. The first-order valence-corrected chi connectivity index (χ1v) is 8.42. The molecule has 1 aliphatic rings. The summed E-state index contributed by atoms with van der Waals surface area (Å²) in [6.45, 7) is 11.0. The van der Waals surface area contributed by atoms with Crippen LogP contribution in [-0.2, 0) is 10.0 Å². The summed E-state index contributed by atoms with van der Waals surface area (Å²) in [5.41, 5.74) is 1.70. The van der Waals surface area contributed by atoms with Crippen molar-refractivity contribution in [3.8, 4) is 0 Å². The lowest BCUT2D eigenvalue weighted by atomic mass is 10.0. The zero-order valence-corrected chi connectivity index (χ0v) is 13.7. The minimum absolute atomic E-state index is 0.171. The Morgan fingerprint density at radius 3 is 2.50 bits per heavy atom. The van der Waals surface area contributed by atoms with Gasteiger partial charge in [-0.3, -0.25) is 0 Å². The first-order valence-electron chi connectivity index (χ1n) is 6.98. The van der Waals surface area contributed by atoms with Gasteiger partial charge in [-0.05, 0) is 57.9 Å². The van der Waals surface area contributed by atoms with Crippen molar-refractivity contribution in [2.45, 2.75) is 51.1 Å². The van der Waals surface area contributed by atoms with Gasteiger partial charge in [-0.1, -0.05) is 6.07 Å². The molecule has 0 radical (unpaired) electrons. The van der Waals surface area contributed by atoms with Gasteiger partial charge in [0, 0.05) is 24.7 Å². The van der Waals surface area contributed by atoms with Gasteiger partial charge in [-0.15, -0.1) is 0 Å². The van der Waals surface area contributed by atoms with Crippen LogP contribution in [0.1, 0.15) is 31.9 Å². The molecule has 1 aromatic rings. The van der Waals surface area contributed by atoms with E-state index >= 15 is 0 Å². The standard InChI is InChI=1S/C15H24N2O2S/c1-11-6-7-14(8-12(11)2)20(18,19)17-9-13(3)16-10-15(17,4)5/h6-8,13,16H,9-10H2,1-5H3. The summed E-state index contributed by atoms with van der Waals surface area (Å²) in [6, 6.07) is 5.53. The second-order valence-electron chi connectivity index (χ2n) is 6.38. The maximum absolute atomic E-state index is 12.9. The van der Waals surface area contributed by atoms with E-state index in [1.54, 1.807) is 16.4 Å². The fourth-order valence-corrected chi connectivity index (χ4v) is 4.45. The van der Waals surface area contributed by atoms with Gasteiger partial charge in [0.05, 0.1) is 4.90 Å². The molecule has 4 nitrogen and oxygen atoms in total. The van der Waals surface area contributed by atoms with Crippen molar-refractivity contribution < 1.29 is 8.42 Å². The molecule has 5 heteroatoms. The molecular weight excluding hydrogens is 272 g/mol. The van der Waals surface area contributed by atoms with E-state index in [1.807, 2.05) is 40.7 Å². The summed E-state index contributed by atoms with van der Waals surface area (Å²) < 4.78 is 27.5. The van der Waals surface area contributed by atoms with Crippen molar-refractivity contribution in [3.63, 3.8) is 0 Å². The minimum Gasteiger partial charge on any atom is -0.311 e. The molecule has 0 aromatic heterocycles. The molecule has 1 fully saturated rings. The predicted octanol–water partition coefficient (Wildman–Crippen LogP) is 2.06. The smallest absolute Gasteiger partial charge is 0.243 e. The quantitative estimate of drug-likeness (QED) is 0.909. The maximum atomic E-state index is 12.9. The molecule has 1 atom stereocenters. The van der Waals surface area contributed by atoms with Gasteiger partial charge < -0.3 is 5.32 Å². The highest BCUT2D eigenvalue weighted by molar-refractivity contribution is 7.89. The minimum atomic E-state index is -3.45. The van der Waals surface area contributed by atoms with E-state index in [9.17, 15) is 8.42 Å². The molecule has 1 unspecified atom stereocenters. The van der Waals surface area contributed by atoms with Crippen LogP contribution in [0.2, 0.25) is 0 Å². The molecule has 1 N–H and O–H groups in total. The average molecular weight is 296 g/mol. The number of sulfonamides is 1. The summed E-state index contributed by atoms with van der Waals surface area (Å²) in [7, 11) is -3.45. The van der Waals surface area contributed by atoms with Crippen LogP contribution in [0.3, 0.4) is 0 Å². The number of hydrogen-bond acceptors (Lipinski definition) is 3. The Morgan fingerprint density at radius 2 is 1.90 bits per heavy atom. The number of hydrogen-bond donors (Lipinski definition) is 1. The summed E-state index contributed by atoms with van der Waals surface area (Å²) in [6.07, 6.45) is 0. The summed E-state index contributed by atoms with van der Waals surface area (Å²) in [5.74, 6) is 0. The van der Waals surface area contributed by atoms with Crippen LogP contribution < -0.4 is 5.32 Å². The summed E-state index contributed by atoms with van der Waals surface area (Å²) in [4.78, 5) is 0.391. The summed E-state index contributed by atoms with van der Waals surface area (Å²) in [5, 5.41) is 3.34. The van der Waals surface area contributed by atoms with Crippen molar-refractivity contribution >= 4 is 10.0 Å². The first kappa shape index (κ1) is 15.5. The van der Waals surface area contributed by atoms with Crippen LogP contribution in [0.4, 0.5) is 0 Å². The van der Waals surface area contributed by atoms with Crippen LogP contribution in [0.15, 0.2) is 23.1 Å². The second kappa shape index (κ2) is 5.13. The van der Waals surface area contributed by atoms with Crippen molar-refractivity contribution in [2.24, 2.45) is 0 Å². The largest absolute Gasteiger partial charge is 0.311 e. The molecule has 0 spiro atoms. The number of piperazine rings is 1. The van der Waals surface area contributed by atoms with Crippen molar-refractivity contribution in [2.75, 3.05) is 13.1 Å². The molecular formula is C15H24N2O2S. The SMILES string of the molecule is Cc1ccc(S(=O)(=O)N2CC(C)NCC2(C)C)cc1C. The lowest BCUT2D eigenvalue weighted by Crippen LogP contribution is -2.62. The lowest BCUT2D eigenvalue weighted by Gasteiger charge is -2.44. The topological polar surface area (TPSA) is 49.4 Å². The number of nitrogens with one attached hydrogen (secondary N) is 1. The van der Waals surface area contributed by atoms with Crippen LogP contribution in [-0.4, -0.2) is 37.4 Å². The zero-order valence-electron chi connectivity index (χ0n) is 12.9. The van der Waals surface area contributed by atoms with Gasteiger partial charge >= 0.3 is 0 Å². The van der Waals surface area contributed by atoms with Gasteiger partial charge in [-0.2, -0.15) is 4.31 Å². The molecule has 2 rings (SSSR count). The fraction of sp³-hybridized carbons (Fsp3) is 0.600. The fourth-order valence-electron chi connectivity index (χ4n) is 2.50. The molecule has 20 heavy (non-hydrogen) atoms. The third kappa shape index (κ3) is 2.75. The van der Waals surface area contributed by atoms with Gasteiger partial charge in [0.2, 0.25) is 10.0 Å². The van der Waals surface area contributed by atoms with E-state index < -0.39 is 15.6 Å².